The van der Waals surface area contributed by atoms with Crippen molar-refractivity contribution in [3.63, 3.8) is 0 Å². The fraction of sp³-hybridized carbons (Fsp3) is 0.588. The molecule has 1 aromatic carbocycles. The summed E-state index contributed by atoms with van der Waals surface area (Å²) in [5, 5.41) is 0. The highest BCUT2D eigenvalue weighted by atomic mass is 32.2. The van der Waals surface area contributed by atoms with E-state index in [-0.39, 0.29) is 29.3 Å². The van der Waals surface area contributed by atoms with Crippen molar-refractivity contribution in [3.8, 4) is 0 Å². The summed E-state index contributed by atoms with van der Waals surface area (Å²) in [6.07, 6.45) is 3.74. The van der Waals surface area contributed by atoms with Gasteiger partial charge in [0.25, 0.3) is 0 Å². The zero-order valence-corrected chi connectivity index (χ0v) is 14.9. The second-order valence-electron chi connectivity index (χ2n) is 6.57. The van der Waals surface area contributed by atoms with Gasteiger partial charge in [-0.25, -0.2) is 13.1 Å². The van der Waals surface area contributed by atoms with Crippen LogP contribution in [0, 0.1) is 5.92 Å². The summed E-state index contributed by atoms with van der Waals surface area (Å²) in [6.45, 7) is 2.57. The number of carbonyl (C=O) groups is 1. The van der Waals surface area contributed by atoms with Crippen molar-refractivity contribution < 1.29 is 17.9 Å². The number of ether oxygens (including phenoxy) is 1. The summed E-state index contributed by atoms with van der Waals surface area (Å²) >= 11 is 0. The van der Waals surface area contributed by atoms with Gasteiger partial charge in [0.05, 0.1) is 11.5 Å². The Hall–Kier alpha value is -1.44. The molecule has 3 rings (SSSR count). The summed E-state index contributed by atoms with van der Waals surface area (Å²) in [5.41, 5.74) is 1.78. The van der Waals surface area contributed by atoms with E-state index in [1.807, 2.05) is 11.8 Å². The summed E-state index contributed by atoms with van der Waals surface area (Å²) in [7, 11) is -2.03. The van der Waals surface area contributed by atoms with Crippen LogP contribution in [0.4, 0.5) is 5.69 Å². The lowest BCUT2D eigenvalue weighted by atomic mass is 9.84. The lowest BCUT2D eigenvalue weighted by Gasteiger charge is -2.32. The molecular formula is C17H24N2O4S. The molecule has 7 heteroatoms. The molecule has 0 unspecified atom stereocenters. The number of nitrogens with zero attached hydrogens (tertiary/aromatic N) is 1. The topological polar surface area (TPSA) is 75.7 Å². The Kier molecular flexibility index (Phi) is 4.94. The van der Waals surface area contributed by atoms with Crippen molar-refractivity contribution in [3.05, 3.63) is 23.8 Å². The van der Waals surface area contributed by atoms with Gasteiger partial charge in [0.2, 0.25) is 15.9 Å². The third-order valence-electron chi connectivity index (χ3n) is 4.87. The van der Waals surface area contributed by atoms with E-state index in [1.165, 1.54) is 7.11 Å². The van der Waals surface area contributed by atoms with Crippen molar-refractivity contribution in [2.45, 2.75) is 43.5 Å². The number of amides is 1. The summed E-state index contributed by atoms with van der Waals surface area (Å²) in [4.78, 5) is 14.7. The molecule has 2 aliphatic rings. The average molecular weight is 352 g/mol. The van der Waals surface area contributed by atoms with Crippen LogP contribution in [-0.4, -0.2) is 40.6 Å². The molecule has 1 saturated carbocycles. The summed E-state index contributed by atoms with van der Waals surface area (Å²) < 4.78 is 32.0. The molecule has 0 bridgehead atoms. The maximum atomic E-state index is 12.6. The Balaban J connectivity index is 1.82. The fourth-order valence-corrected chi connectivity index (χ4v) is 4.39. The Morgan fingerprint density at radius 2 is 2.12 bits per heavy atom. The fourth-order valence-electron chi connectivity index (χ4n) is 3.32. The average Bonchev–Trinajstić information content (AvgIpc) is 2.80. The maximum Gasteiger partial charge on any atom is 0.240 e. The molecule has 1 heterocycles. The van der Waals surface area contributed by atoms with Gasteiger partial charge in [-0.1, -0.05) is 6.42 Å². The number of carbonyl (C=O) groups excluding carboxylic acids is 1. The summed E-state index contributed by atoms with van der Waals surface area (Å²) in [6, 6.07) is 5.11. The van der Waals surface area contributed by atoms with Gasteiger partial charge >= 0.3 is 0 Å². The van der Waals surface area contributed by atoms with E-state index in [0.717, 1.165) is 30.5 Å². The van der Waals surface area contributed by atoms with E-state index in [1.54, 1.807) is 18.2 Å². The number of rotatable bonds is 6. The van der Waals surface area contributed by atoms with Gasteiger partial charge in [0.15, 0.2) is 0 Å². The first-order valence-electron chi connectivity index (χ1n) is 8.38. The van der Waals surface area contributed by atoms with Crippen molar-refractivity contribution in [2.75, 3.05) is 25.2 Å². The molecule has 1 amide bonds. The van der Waals surface area contributed by atoms with Gasteiger partial charge in [0.1, 0.15) is 0 Å². The second-order valence-corrected chi connectivity index (χ2v) is 8.34. The molecule has 1 aliphatic heterocycles. The van der Waals surface area contributed by atoms with Crippen LogP contribution in [0.1, 0.15) is 31.7 Å². The van der Waals surface area contributed by atoms with Crippen LogP contribution >= 0.6 is 0 Å². The van der Waals surface area contributed by atoms with E-state index in [4.69, 9.17) is 4.74 Å². The van der Waals surface area contributed by atoms with Gasteiger partial charge in [-0.05, 0) is 49.9 Å². The number of anilines is 1. The van der Waals surface area contributed by atoms with Crippen LogP contribution in [0.2, 0.25) is 0 Å². The van der Waals surface area contributed by atoms with Gasteiger partial charge in [-0.3, -0.25) is 4.79 Å². The van der Waals surface area contributed by atoms with Crippen LogP contribution in [0.25, 0.3) is 0 Å². The predicted molar refractivity (Wildman–Crippen MR) is 91.5 cm³/mol. The largest absolute Gasteiger partial charge is 0.383 e. The number of sulfonamides is 1. The first-order valence-corrected chi connectivity index (χ1v) is 9.87. The van der Waals surface area contributed by atoms with Crippen LogP contribution in [0.3, 0.4) is 0 Å². The minimum absolute atomic E-state index is 0.0764. The molecule has 1 fully saturated rings. The highest BCUT2D eigenvalue weighted by molar-refractivity contribution is 7.89. The quantitative estimate of drug-likeness (QED) is 0.791. The standard InChI is InChI=1S/C17H24N2O4S/c1-12-10-14-11-15(24(21,22)18-8-9-23-2)6-7-16(14)19(12)17(20)13-4-3-5-13/h6-7,11-13,18H,3-5,8-10H2,1-2H3/t12-/m0/s1. The number of methoxy groups -OCH3 is 1. The van der Waals surface area contributed by atoms with Crippen molar-refractivity contribution >= 4 is 21.6 Å². The van der Waals surface area contributed by atoms with Gasteiger partial charge in [0, 0.05) is 31.3 Å². The normalized spacial score (nSPS) is 20.8. The number of fused-ring (bicyclic) bond motifs is 1. The van der Waals surface area contributed by atoms with Gasteiger partial charge < -0.3 is 9.64 Å². The smallest absolute Gasteiger partial charge is 0.240 e. The molecule has 132 valence electrons. The van der Waals surface area contributed by atoms with Crippen molar-refractivity contribution in [1.29, 1.82) is 0 Å². The number of benzene rings is 1. The Morgan fingerprint density at radius 1 is 1.38 bits per heavy atom. The molecule has 0 aromatic heterocycles. The SMILES string of the molecule is COCCNS(=O)(=O)c1ccc2c(c1)C[C@H](C)N2C(=O)C1CCC1. The maximum absolute atomic E-state index is 12.6. The lowest BCUT2D eigenvalue weighted by molar-refractivity contribution is -0.125. The van der Waals surface area contributed by atoms with E-state index in [0.29, 0.717) is 13.0 Å². The first-order chi connectivity index (χ1) is 11.4. The monoisotopic (exact) mass is 352 g/mol. The van der Waals surface area contributed by atoms with E-state index >= 15 is 0 Å². The highest BCUT2D eigenvalue weighted by Gasteiger charge is 2.37. The van der Waals surface area contributed by atoms with E-state index in [9.17, 15) is 13.2 Å². The third-order valence-corrected chi connectivity index (χ3v) is 6.33. The van der Waals surface area contributed by atoms with Crippen molar-refractivity contribution in [1.82, 2.24) is 4.72 Å². The lowest BCUT2D eigenvalue weighted by Crippen LogP contribution is -2.42. The first kappa shape index (κ1) is 17.4. The van der Waals surface area contributed by atoms with Crippen LogP contribution < -0.4 is 9.62 Å². The molecule has 1 atom stereocenters. The van der Waals surface area contributed by atoms with E-state index < -0.39 is 10.0 Å². The number of hydrogen-bond acceptors (Lipinski definition) is 4. The molecular weight excluding hydrogens is 328 g/mol. The molecule has 0 radical (unpaired) electrons. The minimum Gasteiger partial charge on any atom is -0.383 e. The van der Waals surface area contributed by atoms with Crippen LogP contribution in [-0.2, 0) is 26.0 Å². The molecule has 0 saturated heterocycles. The Bertz CT molecular complexity index is 728. The molecule has 0 spiro atoms. The zero-order valence-electron chi connectivity index (χ0n) is 14.1. The minimum atomic E-state index is -3.55. The second kappa shape index (κ2) is 6.82. The summed E-state index contributed by atoms with van der Waals surface area (Å²) in [5.74, 6) is 0.318. The predicted octanol–water partition coefficient (Wildman–Crippen LogP) is 1.69. The Labute approximate surface area is 143 Å². The highest BCUT2D eigenvalue weighted by Crippen LogP contribution is 2.38. The third kappa shape index (κ3) is 3.20. The molecule has 1 aliphatic carbocycles. The number of nitrogens with one attached hydrogen (secondary N) is 1. The molecule has 1 N–H and O–H groups in total. The van der Waals surface area contributed by atoms with Crippen LogP contribution in [0.15, 0.2) is 23.1 Å². The van der Waals surface area contributed by atoms with Gasteiger partial charge in [-0.15, -0.1) is 0 Å². The molecule has 6 nitrogen and oxygen atoms in total. The van der Waals surface area contributed by atoms with Crippen molar-refractivity contribution in [2.24, 2.45) is 5.92 Å². The van der Waals surface area contributed by atoms with E-state index in [2.05, 4.69) is 4.72 Å². The van der Waals surface area contributed by atoms with Gasteiger partial charge in [-0.2, -0.15) is 0 Å². The number of hydrogen-bond donors (Lipinski definition) is 1. The molecule has 24 heavy (non-hydrogen) atoms. The molecule has 1 aromatic rings. The Morgan fingerprint density at radius 3 is 2.75 bits per heavy atom. The zero-order chi connectivity index (χ0) is 17.3. The van der Waals surface area contributed by atoms with Crippen LogP contribution in [0.5, 0.6) is 0 Å².